The fraction of sp³-hybridized carbons (Fsp3) is 0.583. The van der Waals surface area contributed by atoms with Gasteiger partial charge in [-0.15, -0.1) is 0 Å². The molecule has 0 saturated heterocycles. The molecule has 0 unspecified atom stereocenters. The molecule has 2 aromatic rings. The van der Waals surface area contributed by atoms with Crippen molar-refractivity contribution in [2.75, 3.05) is 45.3 Å². The molecule has 0 atom stereocenters. The van der Waals surface area contributed by atoms with E-state index >= 15 is 0 Å². The van der Waals surface area contributed by atoms with Gasteiger partial charge in [-0.2, -0.15) is 14.6 Å². The van der Waals surface area contributed by atoms with Crippen LogP contribution in [0, 0.1) is 6.92 Å². The van der Waals surface area contributed by atoms with Crippen LogP contribution in [0.5, 0.6) is 0 Å². The number of anilines is 1. The van der Waals surface area contributed by atoms with Crippen LogP contribution in [0.25, 0.3) is 5.78 Å². The number of nitrogens with zero attached hydrogens (tertiary/aromatic N) is 5. The number of hydrogen-bond donors (Lipinski definition) is 1. The molecule has 7 nitrogen and oxygen atoms in total. The summed E-state index contributed by atoms with van der Waals surface area (Å²) in [6.07, 6.45) is 1.52. The Morgan fingerprint density at radius 3 is 3.05 bits per heavy atom. The van der Waals surface area contributed by atoms with E-state index in [1.54, 1.807) is 11.6 Å². The van der Waals surface area contributed by atoms with Crippen LogP contribution in [-0.4, -0.2) is 60.0 Å². The second kappa shape index (κ2) is 6.44. The monoisotopic (exact) mass is 264 g/mol. The van der Waals surface area contributed by atoms with Gasteiger partial charge in [0, 0.05) is 45.6 Å². The zero-order valence-electron chi connectivity index (χ0n) is 11.6. The molecule has 19 heavy (non-hydrogen) atoms. The number of likely N-dealkylation sites (N-methyl/N-ethyl adjacent to an activating group) is 1. The lowest BCUT2D eigenvalue weighted by molar-refractivity contribution is 0.200. The third kappa shape index (κ3) is 3.39. The van der Waals surface area contributed by atoms with Gasteiger partial charge in [-0.1, -0.05) is 0 Å². The van der Waals surface area contributed by atoms with Gasteiger partial charge < -0.3 is 15.0 Å². The number of aryl methyl sites for hydroxylation is 1. The van der Waals surface area contributed by atoms with Gasteiger partial charge in [0.1, 0.15) is 12.1 Å². The van der Waals surface area contributed by atoms with E-state index in [0.29, 0.717) is 5.78 Å². The maximum Gasteiger partial charge on any atom is 0.254 e. The lowest BCUT2D eigenvalue weighted by Crippen LogP contribution is -2.32. The number of hydrogen-bond acceptors (Lipinski definition) is 6. The van der Waals surface area contributed by atoms with Gasteiger partial charge in [0.2, 0.25) is 0 Å². The summed E-state index contributed by atoms with van der Waals surface area (Å²) >= 11 is 0. The van der Waals surface area contributed by atoms with Crippen LogP contribution in [0.1, 0.15) is 5.69 Å². The number of methoxy groups -OCH3 is 1. The fourth-order valence-electron chi connectivity index (χ4n) is 1.84. The molecule has 0 aliphatic rings. The van der Waals surface area contributed by atoms with E-state index in [0.717, 1.165) is 37.8 Å². The van der Waals surface area contributed by atoms with E-state index < -0.39 is 0 Å². The number of rotatable bonds is 7. The molecule has 0 bridgehead atoms. The minimum Gasteiger partial charge on any atom is -0.383 e. The highest BCUT2D eigenvalue weighted by Gasteiger charge is 2.09. The van der Waals surface area contributed by atoms with Gasteiger partial charge >= 0.3 is 0 Å². The van der Waals surface area contributed by atoms with E-state index in [4.69, 9.17) is 4.74 Å². The van der Waals surface area contributed by atoms with E-state index in [1.165, 1.54) is 6.33 Å². The van der Waals surface area contributed by atoms with Crippen LogP contribution < -0.4 is 10.2 Å². The largest absolute Gasteiger partial charge is 0.383 e. The first-order valence-electron chi connectivity index (χ1n) is 6.30. The van der Waals surface area contributed by atoms with Gasteiger partial charge in [0.05, 0.1) is 6.61 Å². The number of nitrogens with one attached hydrogen (secondary N) is 1. The van der Waals surface area contributed by atoms with Crippen LogP contribution in [0.2, 0.25) is 0 Å². The van der Waals surface area contributed by atoms with Crippen molar-refractivity contribution in [2.24, 2.45) is 0 Å². The lowest BCUT2D eigenvalue weighted by atomic mass is 10.4. The topological polar surface area (TPSA) is 67.6 Å². The summed E-state index contributed by atoms with van der Waals surface area (Å²) in [6, 6.07) is 2.01. The number of aromatic nitrogens is 4. The van der Waals surface area contributed by atoms with Crippen molar-refractivity contribution in [3.05, 3.63) is 18.1 Å². The van der Waals surface area contributed by atoms with Gasteiger partial charge in [-0.25, -0.2) is 4.98 Å². The molecule has 2 rings (SSSR count). The maximum absolute atomic E-state index is 4.99. The Morgan fingerprint density at radius 2 is 2.26 bits per heavy atom. The molecule has 104 valence electrons. The average molecular weight is 264 g/mol. The Kier molecular flexibility index (Phi) is 4.64. The molecule has 2 aromatic heterocycles. The minimum atomic E-state index is 0.634. The first-order chi connectivity index (χ1) is 9.22. The predicted octanol–water partition coefficient (Wildman–Crippen LogP) is 0.105. The molecule has 2 heterocycles. The van der Waals surface area contributed by atoms with Crippen LogP contribution >= 0.6 is 0 Å². The van der Waals surface area contributed by atoms with Gasteiger partial charge in [-0.3, -0.25) is 0 Å². The summed E-state index contributed by atoms with van der Waals surface area (Å²) in [5, 5.41) is 7.52. The van der Waals surface area contributed by atoms with Crippen molar-refractivity contribution in [3.8, 4) is 0 Å². The summed E-state index contributed by atoms with van der Waals surface area (Å²) in [5.74, 6) is 1.63. The Hall–Kier alpha value is -1.73. The quantitative estimate of drug-likeness (QED) is 0.716. The number of fused-ring (bicyclic) bond motifs is 1. The molecule has 1 N–H and O–H groups in total. The normalized spacial score (nSPS) is 11.1. The summed E-state index contributed by atoms with van der Waals surface area (Å²) < 4.78 is 6.74. The van der Waals surface area contributed by atoms with Gasteiger partial charge in [0.15, 0.2) is 0 Å². The molecule has 0 spiro atoms. The van der Waals surface area contributed by atoms with Crippen LogP contribution in [-0.2, 0) is 4.74 Å². The maximum atomic E-state index is 4.99. The molecular weight excluding hydrogens is 244 g/mol. The Bertz CT molecular complexity index is 526. The highest BCUT2D eigenvalue weighted by atomic mass is 16.5. The highest BCUT2D eigenvalue weighted by Crippen LogP contribution is 2.13. The van der Waals surface area contributed by atoms with Crippen LogP contribution in [0.4, 0.5) is 5.82 Å². The third-order valence-corrected chi connectivity index (χ3v) is 2.86. The molecule has 0 aliphatic carbocycles. The second-order valence-electron chi connectivity index (χ2n) is 4.39. The van der Waals surface area contributed by atoms with Crippen molar-refractivity contribution in [1.82, 2.24) is 24.9 Å². The van der Waals surface area contributed by atoms with E-state index in [9.17, 15) is 0 Å². The van der Waals surface area contributed by atoms with Crippen molar-refractivity contribution in [2.45, 2.75) is 6.92 Å². The molecule has 0 amide bonds. The molecule has 0 fully saturated rings. The average Bonchev–Trinajstić information content (AvgIpc) is 2.85. The Balaban J connectivity index is 2.00. The summed E-state index contributed by atoms with van der Waals surface area (Å²) in [4.78, 5) is 10.6. The van der Waals surface area contributed by atoms with Gasteiger partial charge in [-0.05, 0) is 6.92 Å². The minimum absolute atomic E-state index is 0.634. The van der Waals surface area contributed by atoms with Crippen LogP contribution in [0.3, 0.4) is 0 Å². The van der Waals surface area contributed by atoms with Crippen molar-refractivity contribution in [1.29, 1.82) is 0 Å². The van der Waals surface area contributed by atoms with E-state index in [2.05, 4.69) is 25.3 Å². The Labute approximate surface area is 112 Å². The zero-order valence-corrected chi connectivity index (χ0v) is 11.6. The van der Waals surface area contributed by atoms with E-state index in [-0.39, 0.29) is 0 Å². The van der Waals surface area contributed by atoms with Crippen molar-refractivity contribution < 1.29 is 4.74 Å². The van der Waals surface area contributed by atoms with Crippen molar-refractivity contribution >= 4 is 11.6 Å². The van der Waals surface area contributed by atoms with E-state index in [1.807, 2.05) is 20.0 Å². The SMILES string of the molecule is COCCNCCN(C)c1cc(C)nc2ncnn12. The lowest BCUT2D eigenvalue weighted by Gasteiger charge is -2.20. The summed E-state index contributed by atoms with van der Waals surface area (Å²) in [6.45, 7) is 5.31. The molecular formula is C12H20N6O. The van der Waals surface area contributed by atoms with Crippen molar-refractivity contribution in [3.63, 3.8) is 0 Å². The second-order valence-corrected chi connectivity index (χ2v) is 4.39. The molecule has 7 heteroatoms. The smallest absolute Gasteiger partial charge is 0.254 e. The molecule has 0 radical (unpaired) electrons. The fourth-order valence-corrected chi connectivity index (χ4v) is 1.84. The first kappa shape index (κ1) is 13.7. The first-order valence-corrected chi connectivity index (χ1v) is 6.30. The standard InChI is InChI=1S/C12H20N6O/c1-10-8-11(18-12(16-10)14-9-15-18)17(2)6-4-13-5-7-19-3/h8-9,13H,4-7H2,1-3H3. The zero-order chi connectivity index (χ0) is 13.7. The number of ether oxygens (including phenoxy) is 1. The molecule has 0 aromatic carbocycles. The molecule has 0 aliphatic heterocycles. The Morgan fingerprint density at radius 1 is 1.42 bits per heavy atom. The summed E-state index contributed by atoms with van der Waals surface area (Å²) in [5.41, 5.74) is 0.940. The third-order valence-electron chi connectivity index (χ3n) is 2.86. The van der Waals surface area contributed by atoms with Gasteiger partial charge in [0.25, 0.3) is 5.78 Å². The van der Waals surface area contributed by atoms with Crippen LogP contribution in [0.15, 0.2) is 12.4 Å². The summed E-state index contributed by atoms with van der Waals surface area (Å²) in [7, 11) is 3.74. The molecule has 0 saturated carbocycles. The predicted molar refractivity (Wildman–Crippen MR) is 73.5 cm³/mol. The highest BCUT2D eigenvalue weighted by molar-refractivity contribution is 5.46.